The quantitative estimate of drug-likeness (QED) is 0.616. The molecule has 0 unspecified atom stereocenters. The van der Waals surface area contributed by atoms with Crippen molar-refractivity contribution in [2.75, 3.05) is 5.32 Å². The fraction of sp³-hybridized carbons (Fsp3) is 0.158. The molecule has 1 N–H and O–H groups in total. The van der Waals surface area contributed by atoms with Crippen molar-refractivity contribution in [2.24, 2.45) is 0 Å². The van der Waals surface area contributed by atoms with Gasteiger partial charge >= 0.3 is 0 Å². The van der Waals surface area contributed by atoms with Crippen LogP contribution in [-0.2, 0) is 4.79 Å². The minimum Gasteiger partial charge on any atom is -0.323 e. The van der Waals surface area contributed by atoms with Gasteiger partial charge in [-0.3, -0.25) is 9.36 Å². The number of amides is 1. The standard InChI is InChI=1S/C19H18N6O/c1-13(25-12-22-16-5-3-4-6-17(16)25)19(26)23-15-7-8-18(21-11-15)24-10-9-20-14(24)2/h3-13H,1-2H3,(H,23,26)/t13-/m0/s1. The zero-order chi connectivity index (χ0) is 18.1. The maximum atomic E-state index is 12.6. The maximum absolute atomic E-state index is 12.6. The van der Waals surface area contributed by atoms with Crippen LogP contribution in [0.3, 0.4) is 0 Å². The van der Waals surface area contributed by atoms with Crippen LogP contribution in [0, 0.1) is 6.92 Å². The van der Waals surface area contributed by atoms with E-state index in [-0.39, 0.29) is 5.91 Å². The Balaban J connectivity index is 1.52. The Kier molecular flexibility index (Phi) is 3.96. The number of benzene rings is 1. The van der Waals surface area contributed by atoms with Crippen LogP contribution in [0.15, 0.2) is 61.3 Å². The van der Waals surface area contributed by atoms with Gasteiger partial charge in [-0.1, -0.05) is 12.1 Å². The van der Waals surface area contributed by atoms with E-state index in [0.29, 0.717) is 5.69 Å². The lowest BCUT2D eigenvalue weighted by atomic mass is 10.2. The topological polar surface area (TPSA) is 77.6 Å². The molecule has 4 aromatic rings. The number of imidazole rings is 2. The number of carbonyl (C=O) groups is 1. The number of nitrogens with one attached hydrogen (secondary N) is 1. The maximum Gasteiger partial charge on any atom is 0.247 e. The molecule has 3 aromatic heterocycles. The smallest absolute Gasteiger partial charge is 0.247 e. The van der Waals surface area contributed by atoms with E-state index in [4.69, 9.17) is 0 Å². The van der Waals surface area contributed by atoms with E-state index < -0.39 is 6.04 Å². The molecule has 4 rings (SSSR count). The van der Waals surface area contributed by atoms with Crippen LogP contribution in [0.4, 0.5) is 5.69 Å². The van der Waals surface area contributed by atoms with Gasteiger partial charge in [0.2, 0.25) is 5.91 Å². The van der Waals surface area contributed by atoms with Crippen molar-refractivity contribution in [3.05, 3.63) is 67.1 Å². The molecule has 130 valence electrons. The molecule has 0 radical (unpaired) electrons. The summed E-state index contributed by atoms with van der Waals surface area (Å²) < 4.78 is 3.74. The minimum atomic E-state index is -0.391. The fourth-order valence-electron chi connectivity index (χ4n) is 2.88. The highest BCUT2D eigenvalue weighted by Crippen LogP contribution is 2.19. The van der Waals surface area contributed by atoms with Crippen molar-refractivity contribution >= 4 is 22.6 Å². The van der Waals surface area contributed by atoms with Gasteiger partial charge in [0.15, 0.2) is 0 Å². The number of aryl methyl sites for hydroxylation is 1. The fourth-order valence-corrected chi connectivity index (χ4v) is 2.88. The summed E-state index contributed by atoms with van der Waals surface area (Å²) in [5.74, 6) is 1.49. The Hall–Kier alpha value is -3.48. The highest BCUT2D eigenvalue weighted by molar-refractivity contribution is 5.94. The van der Waals surface area contributed by atoms with E-state index in [1.165, 1.54) is 0 Å². The second kappa shape index (κ2) is 6.44. The first-order chi connectivity index (χ1) is 12.6. The van der Waals surface area contributed by atoms with Crippen LogP contribution in [-0.4, -0.2) is 30.0 Å². The third-order valence-corrected chi connectivity index (χ3v) is 4.37. The van der Waals surface area contributed by atoms with Gasteiger partial charge in [-0.05, 0) is 38.1 Å². The Morgan fingerprint density at radius 1 is 1.12 bits per heavy atom. The van der Waals surface area contributed by atoms with Crippen molar-refractivity contribution in [1.29, 1.82) is 0 Å². The Morgan fingerprint density at radius 3 is 2.69 bits per heavy atom. The largest absolute Gasteiger partial charge is 0.323 e. The lowest BCUT2D eigenvalue weighted by molar-refractivity contribution is -0.118. The van der Waals surface area contributed by atoms with Crippen molar-refractivity contribution in [3.63, 3.8) is 0 Å². The van der Waals surface area contributed by atoms with Crippen molar-refractivity contribution < 1.29 is 4.79 Å². The molecule has 7 nitrogen and oxygen atoms in total. The van der Waals surface area contributed by atoms with Crippen LogP contribution in [0.1, 0.15) is 18.8 Å². The highest BCUT2D eigenvalue weighted by Gasteiger charge is 2.17. The summed E-state index contributed by atoms with van der Waals surface area (Å²) in [7, 11) is 0. The molecule has 0 aliphatic heterocycles. The summed E-state index contributed by atoms with van der Waals surface area (Å²) in [6, 6.07) is 11.0. The van der Waals surface area contributed by atoms with Gasteiger partial charge in [0.1, 0.15) is 17.7 Å². The molecule has 0 aliphatic carbocycles. The average Bonchev–Trinajstić information content (AvgIpc) is 3.28. The minimum absolute atomic E-state index is 0.124. The molecule has 0 saturated carbocycles. The molecule has 1 aromatic carbocycles. The Labute approximate surface area is 150 Å². The molecule has 0 bridgehead atoms. The van der Waals surface area contributed by atoms with Crippen molar-refractivity contribution in [1.82, 2.24) is 24.1 Å². The summed E-state index contributed by atoms with van der Waals surface area (Å²) in [6.07, 6.45) is 6.91. The molecule has 26 heavy (non-hydrogen) atoms. The first kappa shape index (κ1) is 16.0. The van der Waals surface area contributed by atoms with Gasteiger partial charge in [0.05, 0.1) is 29.2 Å². The first-order valence-electron chi connectivity index (χ1n) is 8.32. The predicted octanol–water partition coefficient (Wildman–Crippen LogP) is 3.13. The van der Waals surface area contributed by atoms with Crippen molar-refractivity contribution in [2.45, 2.75) is 19.9 Å². The lowest BCUT2D eigenvalue weighted by Gasteiger charge is -2.14. The molecule has 7 heteroatoms. The third kappa shape index (κ3) is 2.83. The van der Waals surface area contributed by atoms with E-state index in [1.807, 2.05) is 65.6 Å². The number of pyridine rings is 1. The molecule has 3 heterocycles. The van der Waals surface area contributed by atoms with Crippen LogP contribution >= 0.6 is 0 Å². The van der Waals surface area contributed by atoms with E-state index >= 15 is 0 Å². The lowest BCUT2D eigenvalue weighted by Crippen LogP contribution is -2.23. The normalized spacial score (nSPS) is 12.2. The van der Waals surface area contributed by atoms with Gasteiger partial charge in [-0.2, -0.15) is 0 Å². The van der Waals surface area contributed by atoms with E-state index in [2.05, 4.69) is 20.3 Å². The molecule has 0 spiro atoms. The van der Waals surface area contributed by atoms with Gasteiger partial charge in [0, 0.05) is 12.4 Å². The van der Waals surface area contributed by atoms with Crippen LogP contribution < -0.4 is 5.32 Å². The highest BCUT2D eigenvalue weighted by atomic mass is 16.2. The Bertz CT molecular complexity index is 1060. The number of para-hydroxylation sites is 2. The van der Waals surface area contributed by atoms with Gasteiger partial charge in [-0.15, -0.1) is 0 Å². The summed E-state index contributed by atoms with van der Waals surface area (Å²) in [6.45, 7) is 3.76. The van der Waals surface area contributed by atoms with Crippen LogP contribution in [0.25, 0.3) is 16.9 Å². The first-order valence-corrected chi connectivity index (χ1v) is 8.32. The van der Waals surface area contributed by atoms with Crippen molar-refractivity contribution in [3.8, 4) is 5.82 Å². The third-order valence-electron chi connectivity index (χ3n) is 4.37. The molecule has 1 amide bonds. The number of nitrogens with zero attached hydrogens (tertiary/aromatic N) is 5. The van der Waals surface area contributed by atoms with E-state index in [9.17, 15) is 4.79 Å². The van der Waals surface area contributed by atoms with Gasteiger partial charge in [-0.25, -0.2) is 15.0 Å². The number of carbonyl (C=O) groups excluding carboxylic acids is 1. The number of hydrogen-bond donors (Lipinski definition) is 1. The second-order valence-corrected chi connectivity index (χ2v) is 6.06. The molecule has 0 saturated heterocycles. The molecule has 0 aliphatic rings. The number of fused-ring (bicyclic) bond motifs is 1. The predicted molar refractivity (Wildman–Crippen MR) is 99.2 cm³/mol. The number of rotatable bonds is 4. The van der Waals surface area contributed by atoms with Crippen LogP contribution in [0.2, 0.25) is 0 Å². The molecule has 1 atom stereocenters. The number of hydrogen-bond acceptors (Lipinski definition) is 4. The second-order valence-electron chi connectivity index (χ2n) is 6.06. The summed E-state index contributed by atoms with van der Waals surface area (Å²) in [4.78, 5) is 25.5. The number of anilines is 1. The van der Waals surface area contributed by atoms with Crippen LogP contribution in [0.5, 0.6) is 0 Å². The summed E-state index contributed by atoms with van der Waals surface area (Å²) >= 11 is 0. The average molecular weight is 346 g/mol. The summed E-state index contributed by atoms with van der Waals surface area (Å²) in [5.41, 5.74) is 2.45. The van der Waals surface area contributed by atoms with E-state index in [1.54, 1.807) is 18.7 Å². The zero-order valence-corrected chi connectivity index (χ0v) is 14.5. The monoisotopic (exact) mass is 346 g/mol. The number of aromatic nitrogens is 5. The Morgan fingerprint density at radius 2 is 1.96 bits per heavy atom. The molecule has 0 fully saturated rings. The molecular weight excluding hydrogens is 328 g/mol. The van der Waals surface area contributed by atoms with Gasteiger partial charge < -0.3 is 9.88 Å². The SMILES string of the molecule is Cc1nccn1-c1ccc(NC(=O)[C@H](C)n2cnc3ccccc32)cn1. The van der Waals surface area contributed by atoms with Gasteiger partial charge in [0.25, 0.3) is 0 Å². The van der Waals surface area contributed by atoms with E-state index in [0.717, 1.165) is 22.7 Å². The summed E-state index contributed by atoms with van der Waals surface area (Å²) in [5, 5.41) is 2.91. The zero-order valence-electron chi connectivity index (χ0n) is 14.5. The molecular formula is C19H18N6O.